The largest absolute Gasteiger partial charge is 0.397 e. The van der Waals surface area contributed by atoms with Crippen molar-refractivity contribution in [3.63, 3.8) is 0 Å². The standard InChI is InChI=1S/C15H14ClN3/c1-19(10-11-2-5-13(16)6-3-11)15-8-12(9-17)4-7-14(15)18/h2-8H,10,18H2,1H3. The highest BCUT2D eigenvalue weighted by atomic mass is 35.5. The molecule has 0 saturated heterocycles. The Morgan fingerprint density at radius 1 is 1.21 bits per heavy atom. The quantitative estimate of drug-likeness (QED) is 0.870. The molecule has 0 spiro atoms. The van der Waals surface area contributed by atoms with E-state index in [1.807, 2.05) is 36.2 Å². The van der Waals surface area contributed by atoms with E-state index in [1.165, 1.54) is 0 Å². The van der Waals surface area contributed by atoms with Crippen molar-refractivity contribution in [2.24, 2.45) is 0 Å². The average molecular weight is 272 g/mol. The van der Waals surface area contributed by atoms with E-state index in [2.05, 4.69) is 6.07 Å². The number of nitrogens with two attached hydrogens (primary N) is 1. The topological polar surface area (TPSA) is 53.0 Å². The molecule has 0 radical (unpaired) electrons. The zero-order valence-electron chi connectivity index (χ0n) is 10.6. The van der Waals surface area contributed by atoms with Gasteiger partial charge in [-0.1, -0.05) is 23.7 Å². The van der Waals surface area contributed by atoms with E-state index in [-0.39, 0.29) is 0 Å². The zero-order valence-corrected chi connectivity index (χ0v) is 11.4. The first kappa shape index (κ1) is 13.3. The van der Waals surface area contributed by atoms with Gasteiger partial charge < -0.3 is 10.6 Å². The second-order valence-corrected chi connectivity index (χ2v) is 4.80. The van der Waals surface area contributed by atoms with Gasteiger partial charge in [0.05, 0.1) is 23.0 Å². The van der Waals surface area contributed by atoms with Crippen molar-refractivity contribution in [2.45, 2.75) is 6.54 Å². The van der Waals surface area contributed by atoms with E-state index in [0.29, 0.717) is 17.8 Å². The molecule has 0 heterocycles. The number of hydrogen-bond acceptors (Lipinski definition) is 3. The highest BCUT2D eigenvalue weighted by Gasteiger charge is 2.07. The van der Waals surface area contributed by atoms with Crippen molar-refractivity contribution >= 4 is 23.0 Å². The number of benzene rings is 2. The fourth-order valence-electron chi connectivity index (χ4n) is 1.89. The molecular formula is C15H14ClN3. The molecule has 2 aromatic rings. The van der Waals surface area contributed by atoms with Crippen LogP contribution in [-0.2, 0) is 6.54 Å². The Bertz CT molecular complexity index is 614. The van der Waals surface area contributed by atoms with Gasteiger partial charge in [-0.25, -0.2) is 0 Å². The monoisotopic (exact) mass is 271 g/mol. The summed E-state index contributed by atoms with van der Waals surface area (Å²) in [6.07, 6.45) is 0. The van der Waals surface area contributed by atoms with Crippen molar-refractivity contribution in [1.29, 1.82) is 5.26 Å². The number of halogens is 1. The summed E-state index contributed by atoms with van der Waals surface area (Å²) >= 11 is 5.86. The number of nitrogen functional groups attached to an aromatic ring is 1. The van der Waals surface area contributed by atoms with Crippen LogP contribution in [0.2, 0.25) is 5.02 Å². The van der Waals surface area contributed by atoms with Crippen LogP contribution in [0.1, 0.15) is 11.1 Å². The molecule has 3 nitrogen and oxygen atoms in total. The summed E-state index contributed by atoms with van der Waals surface area (Å²) in [5.41, 5.74) is 9.21. The first-order valence-electron chi connectivity index (χ1n) is 5.85. The summed E-state index contributed by atoms with van der Waals surface area (Å²) in [6, 6.07) is 15.1. The first-order valence-corrected chi connectivity index (χ1v) is 6.23. The summed E-state index contributed by atoms with van der Waals surface area (Å²) in [5.74, 6) is 0. The van der Waals surface area contributed by atoms with E-state index >= 15 is 0 Å². The number of nitriles is 1. The minimum Gasteiger partial charge on any atom is -0.397 e. The van der Waals surface area contributed by atoms with Crippen molar-refractivity contribution in [3.8, 4) is 6.07 Å². The summed E-state index contributed by atoms with van der Waals surface area (Å²) in [7, 11) is 1.95. The molecule has 0 fully saturated rings. The van der Waals surface area contributed by atoms with Crippen LogP contribution < -0.4 is 10.6 Å². The third-order valence-electron chi connectivity index (χ3n) is 2.90. The minimum absolute atomic E-state index is 0.604. The molecule has 0 bridgehead atoms. The van der Waals surface area contributed by atoms with Crippen LogP contribution in [0.5, 0.6) is 0 Å². The summed E-state index contributed by atoms with van der Waals surface area (Å²) in [4.78, 5) is 2.01. The molecule has 19 heavy (non-hydrogen) atoms. The van der Waals surface area contributed by atoms with Crippen LogP contribution in [0.3, 0.4) is 0 Å². The van der Waals surface area contributed by atoms with Crippen LogP contribution in [0.15, 0.2) is 42.5 Å². The Labute approximate surface area is 117 Å². The van der Waals surface area contributed by atoms with Gasteiger partial charge >= 0.3 is 0 Å². The van der Waals surface area contributed by atoms with Crippen LogP contribution in [0.25, 0.3) is 0 Å². The molecule has 2 rings (SSSR count). The van der Waals surface area contributed by atoms with E-state index < -0.39 is 0 Å². The Balaban J connectivity index is 2.22. The molecule has 0 aliphatic heterocycles. The van der Waals surface area contributed by atoms with Crippen molar-refractivity contribution < 1.29 is 0 Å². The maximum Gasteiger partial charge on any atom is 0.0992 e. The molecule has 2 N–H and O–H groups in total. The second-order valence-electron chi connectivity index (χ2n) is 4.37. The van der Waals surface area contributed by atoms with Crippen LogP contribution in [0, 0.1) is 11.3 Å². The Morgan fingerprint density at radius 2 is 1.89 bits per heavy atom. The summed E-state index contributed by atoms with van der Waals surface area (Å²) in [5, 5.41) is 9.65. The highest BCUT2D eigenvalue weighted by Crippen LogP contribution is 2.25. The molecular weight excluding hydrogens is 258 g/mol. The van der Waals surface area contributed by atoms with Gasteiger partial charge in [0.25, 0.3) is 0 Å². The predicted octanol–water partition coefficient (Wildman–Crippen LogP) is 3.43. The Hall–Kier alpha value is -2.18. The molecule has 4 heteroatoms. The first-order chi connectivity index (χ1) is 9.10. The molecule has 2 aromatic carbocycles. The predicted molar refractivity (Wildman–Crippen MR) is 79.1 cm³/mol. The van der Waals surface area contributed by atoms with Gasteiger partial charge in [0.1, 0.15) is 0 Å². The lowest BCUT2D eigenvalue weighted by atomic mass is 10.1. The van der Waals surface area contributed by atoms with Crippen LogP contribution in [0.4, 0.5) is 11.4 Å². The van der Waals surface area contributed by atoms with Gasteiger partial charge in [0.2, 0.25) is 0 Å². The third-order valence-corrected chi connectivity index (χ3v) is 3.16. The van der Waals surface area contributed by atoms with Gasteiger partial charge in [0.15, 0.2) is 0 Å². The minimum atomic E-state index is 0.604. The van der Waals surface area contributed by atoms with Crippen LogP contribution in [-0.4, -0.2) is 7.05 Å². The molecule has 0 amide bonds. The molecule has 0 aliphatic rings. The van der Waals surface area contributed by atoms with Crippen LogP contribution >= 0.6 is 11.6 Å². The molecule has 96 valence electrons. The average Bonchev–Trinajstić information content (AvgIpc) is 2.42. The lowest BCUT2D eigenvalue weighted by Gasteiger charge is -2.21. The van der Waals surface area contributed by atoms with Crippen molar-refractivity contribution in [2.75, 3.05) is 17.7 Å². The van der Waals surface area contributed by atoms with Crippen molar-refractivity contribution in [1.82, 2.24) is 0 Å². The normalized spacial score (nSPS) is 9.95. The maximum atomic E-state index is 8.93. The number of hydrogen-bond donors (Lipinski definition) is 1. The smallest absolute Gasteiger partial charge is 0.0992 e. The maximum absolute atomic E-state index is 8.93. The number of nitrogens with zero attached hydrogens (tertiary/aromatic N) is 2. The molecule has 0 saturated carbocycles. The second kappa shape index (κ2) is 5.64. The third kappa shape index (κ3) is 3.18. The highest BCUT2D eigenvalue weighted by molar-refractivity contribution is 6.30. The summed E-state index contributed by atoms with van der Waals surface area (Å²) in [6.45, 7) is 0.705. The fourth-order valence-corrected chi connectivity index (χ4v) is 2.02. The van der Waals surface area contributed by atoms with E-state index in [1.54, 1.807) is 18.2 Å². The molecule has 0 atom stereocenters. The Kier molecular flexibility index (Phi) is 3.94. The lowest BCUT2D eigenvalue weighted by Crippen LogP contribution is -2.17. The number of anilines is 2. The van der Waals surface area contributed by atoms with Gasteiger partial charge in [-0.2, -0.15) is 5.26 Å². The summed E-state index contributed by atoms with van der Waals surface area (Å²) < 4.78 is 0. The fraction of sp³-hybridized carbons (Fsp3) is 0.133. The lowest BCUT2D eigenvalue weighted by molar-refractivity contribution is 0.924. The number of rotatable bonds is 3. The molecule has 0 unspecified atom stereocenters. The van der Waals surface area contributed by atoms with Gasteiger partial charge in [-0.05, 0) is 35.9 Å². The molecule has 0 aliphatic carbocycles. The van der Waals surface area contributed by atoms with E-state index in [0.717, 1.165) is 16.3 Å². The molecule has 0 aromatic heterocycles. The Morgan fingerprint density at radius 3 is 2.53 bits per heavy atom. The van der Waals surface area contributed by atoms with Gasteiger partial charge in [0, 0.05) is 18.6 Å². The van der Waals surface area contributed by atoms with E-state index in [9.17, 15) is 0 Å². The van der Waals surface area contributed by atoms with E-state index in [4.69, 9.17) is 22.6 Å². The zero-order chi connectivity index (χ0) is 13.8. The SMILES string of the molecule is CN(Cc1ccc(Cl)cc1)c1cc(C#N)ccc1N. The van der Waals surface area contributed by atoms with Crippen molar-refractivity contribution in [3.05, 3.63) is 58.6 Å². The van der Waals surface area contributed by atoms with Gasteiger partial charge in [-0.15, -0.1) is 0 Å². The van der Waals surface area contributed by atoms with Gasteiger partial charge in [-0.3, -0.25) is 0 Å².